The number of aromatic nitrogens is 2. The molecule has 6 nitrogen and oxygen atoms in total. The highest BCUT2D eigenvalue weighted by atomic mass is 16.5. The van der Waals surface area contributed by atoms with Gasteiger partial charge in [-0.25, -0.2) is 9.97 Å². The van der Waals surface area contributed by atoms with Gasteiger partial charge in [-0.2, -0.15) is 0 Å². The Kier molecular flexibility index (Phi) is 4.79. The number of ether oxygens (including phenoxy) is 2. The van der Waals surface area contributed by atoms with Crippen LogP contribution >= 0.6 is 0 Å². The third-order valence-electron chi connectivity index (χ3n) is 3.45. The van der Waals surface area contributed by atoms with Crippen molar-refractivity contribution in [3.05, 3.63) is 6.33 Å². The fraction of sp³-hybridized carbons (Fsp3) is 0.692. The van der Waals surface area contributed by atoms with Crippen LogP contribution in [0.15, 0.2) is 6.33 Å². The molecule has 0 spiro atoms. The molecule has 0 aromatic carbocycles. The molecule has 0 amide bonds. The summed E-state index contributed by atoms with van der Waals surface area (Å²) in [6.07, 6.45) is 3.93. The molecular formula is C13H22N4O2. The van der Waals surface area contributed by atoms with Gasteiger partial charge < -0.3 is 19.7 Å². The van der Waals surface area contributed by atoms with Crippen LogP contribution < -0.4 is 15.0 Å². The lowest BCUT2D eigenvalue weighted by atomic mass is 9.99. The molecule has 1 aliphatic rings. The van der Waals surface area contributed by atoms with Crippen LogP contribution in [-0.2, 0) is 4.74 Å². The zero-order valence-electron chi connectivity index (χ0n) is 11.8. The summed E-state index contributed by atoms with van der Waals surface area (Å²) in [4.78, 5) is 10.8. The number of piperidine rings is 1. The largest absolute Gasteiger partial charge is 0.490 e. The average Bonchev–Trinajstić information content (AvgIpc) is 2.47. The van der Waals surface area contributed by atoms with E-state index in [0.29, 0.717) is 11.7 Å². The van der Waals surface area contributed by atoms with Crippen molar-refractivity contribution in [3.63, 3.8) is 0 Å². The van der Waals surface area contributed by atoms with Gasteiger partial charge in [0.15, 0.2) is 11.6 Å². The molecule has 1 aromatic rings. The van der Waals surface area contributed by atoms with Crippen molar-refractivity contribution < 1.29 is 9.47 Å². The van der Waals surface area contributed by atoms with E-state index in [1.54, 1.807) is 20.5 Å². The van der Waals surface area contributed by atoms with Crippen molar-refractivity contribution in [2.75, 3.05) is 51.2 Å². The number of nitrogens with zero attached hydrogens (tertiary/aromatic N) is 3. The van der Waals surface area contributed by atoms with Crippen LogP contribution in [0, 0.1) is 5.92 Å². The predicted molar refractivity (Wildman–Crippen MR) is 74.9 cm³/mol. The maximum absolute atomic E-state index is 5.46. The van der Waals surface area contributed by atoms with E-state index in [1.807, 2.05) is 7.05 Å². The molecule has 6 heteroatoms. The maximum atomic E-state index is 5.46. The van der Waals surface area contributed by atoms with Gasteiger partial charge >= 0.3 is 0 Å². The SMILES string of the molecule is CNc1ncnc(N2CCCC(COC)C2)c1OC. The van der Waals surface area contributed by atoms with Gasteiger partial charge in [0.05, 0.1) is 13.7 Å². The minimum Gasteiger partial charge on any atom is -0.490 e. The first-order chi connectivity index (χ1) is 9.30. The summed E-state index contributed by atoms with van der Waals surface area (Å²) >= 11 is 0. The number of rotatable bonds is 5. The second-order valence-electron chi connectivity index (χ2n) is 4.74. The lowest BCUT2D eigenvalue weighted by molar-refractivity contribution is 0.143. The van der Waals surface area contributed by atoms with Crippen molar-refractivity contribution in [1.82, 2.24) is 9.97 Å². The zero-order valence-corrected chi connectivity index (χ0v) is 11.8. The minimum atomic E-state index is 0.552. The Balaban J connectivity index is 2.20. The molecule has 0 aliphatic carbocycles. The highest BCUT2D eigenvalue weighted by Crippen LogP contribution is 2.33. The van der Waals surface area contributed by atoms with Crippen molar-refractivity contribution >= 4 is 11.6 Å². The van der Waals surface area contributed by atoms with E-state index in [4.69, 9.17) is 9.47 Å². The monoisotopic (exact) mass is 266 g/mol. The van der Waals surface area contributed by atoms with Gasteiger partial charge in [-0.05, 0) is 18.8 Å². The summed E-state index contributed by atoms with van der Waals surface area (Å²) in [7, 11) is 5.24. The Bertz CT molecular complexity index is 412. The van der Waals surface area contributed by atoms with E-state index >= 15 is 0 Å². The Morgan fingerprint density at radius 3 is 2.95 bits per heavy atom. The van der Waals surface area contributed by atoms with Crippen LogP contribution in [-0.4, -0.2) is 50.9 Å². The van der Waals surface area contributed by atoms with E-state index in [9.17, 15) is 0 Å². The lowest BCUT2D eigenvalue weighted by Crippen LogP contribution is -2.37. The van der Waals surface area contributed by atoms with Crippen molar-refractivity contribution in [2.24, 2.45) is 5.92 Å². The Morgan fingerprint density at radius 2 is 2.26 bits per heavy atom. The molecule has 1 unspecified atom stereocenters. The van der Waals surface area contributed by atoms with Crippen molar-refractivity contribution in [2.45, 2.75) is 12.8 Å². The van der Waals surface area contributed by atoms with Gasteiger partial charge in [-0.3, -0.25) is 0 Å². The molecule has 0 radical (unpaired) electrons. The first-order valence-corrected chi connectivity index (χ1v) is 6.60. The molecule has 1 atom stereocenters. The van der Waals surface area contributed by atoms with E-state index in [1.165, 1.54) is 6.42 Å². The molecule has 1 aromatic heterocycles. The summed E-state index contributed by atoms with van der Waals surface area (Å²) in [6.45, 7) is 2.74. The van der Waals surface area contributed by atoms with Crippen LogP contribution in [0.3, 0.4) is 0 Å². The molecule has 106 valence electrons. The highest BCUT2D eigenvalue weighted by Gasteiger charge is 2.24. The second-order valence-corrected chi connectivity index (χ2v) is 4.74. The number of hydrogen-bond acceptors (Lipinski definition) is 6. The molecular weight excluding hydrogens is 244 g/mol. The molecule has 1 saturated heterocycles. The van der Waals surface area contributed by atoms with Gasteiger partial charge in [0.2, 0.25) is 5.75 Å². The Labute approximate surface area is 114 Å². The normalized spacial score (nSPS) is 19.3. The molecule has 1 N–H and O–H groups in total. The van der Waals surface area contributed by atoms with Gasteiger partial charge in [-0.15, -0.1) is 0 Å². The average molecular weight is 266 g/mol. The van der Waals surface area contributed by atoms with Gasteiger partial charge in [0.1, 0.15) is 6.33 Å². The molecule has 1 fully saturated rings. The zero-order chi connectivity index (χ0) is 13.7. The highest BCUT2D eigenvalue weighted by molar-refractivity contribution is 5.64. The molecule has 2 rings (SSSR count). The Morgan fingerprint density at radius 1 is 1.42 bits per heavy atom. The minimum absolute atomic E-state index is 0.552. The molecule has 19 heavy (non-hydrogen) atoms. The second kappa shape index (κ2) is 6.56. The molecule has 0 bridgehead atoms. The van der Waals surface area contributed by atoms with E-state index in [0.717, 1.165) is 37.8 Å². The first kappa shape index (κ1) is 13.9. The Hall–Kier alpha value is -1.56. The molecule has 0 saturated carbocycles. The fourth-order valence-electron chi connectivity index (χ4n) is 2.58. The standard InChI is InChI=1S/C13H22N4O2/c1-14-12-11(19-3)13(16-9-15-12)17-6-4-5-10(7-17)8-18-2/h9-10H,4-8H2,1-3H3,(H,14,15,16). The summed E-state index contributed by atoms with van der Waals surface area (Å²) < 4.78 is 10.7. The fourth-order valence-corrected chi connectivity index (χ4v) is 2.58. The lowest BCUT2D eigenvalue weighted by Gasteiger charge is -2.34. The maximum Gasteiger partial charge on any atom is 0.204 e. The van der Waals surface area contributed by atoms with Crippen LogP contribution in [0.25, 0.3) is 0 Å². The third-order valence-corrected chi connectivity index (χ3v) is 3.45. The summed E-state index contributed by atoms with van der Waals surface area (Å²) in [5, 5.41) is 3.03. The summed E-state index contributed by atoms with van der Waals surface area (Å²) in [5.74, 6) is 2.85. The van der Waals surface area contributed by atoms with E-state index in [-0.39, 0.29) is 0 Å². The molecule has 1 aliphatic heterocycles. The van der Waals surface area contributed by atoms with Crippen molar-refractivity contribution in [3.8, 4) is 5.75 Å². The van der Waals surface area contributed by atoms with Crippen LogP contribution in [0.1, 0.15) is 12.8 Å². The van der Waals surface area contributed by atoms with Gasteiger partial charge in [0, 0.05) is 27.2 Å². The topological polar surface area (TPSA) is 59.5 Å². The van der Waals surface area contributed by atoms with E-state index in [2.05, 4.69) is 20.2 Å². The third kappa shape index (κ3) is 3.07. The summed E-state index contributed by atoms with van der Waals surface area (Å²) in [5.41, 5.74) is 0. The van der Waals surface area contributed by atoms with Crippen LogP contribution in [0.2, 0.25) is 0 Å². The van der Waals surface area contributed by atoms with E-state index < -0.39 is 0 Å². The summed E-state index contributed by atoms with van der Waals surface area (Å²) in [6, 6.07) is 0. The van der Waals surface area contributed by atoms with Crippen LogP contribution in [0.5, 0.6) is 5.75 Å². The van der Waals surface area contributed by atoms with Gasteiger partial charge in [-0.1, -0.05) is 0 Å². The predicted octanol–water partition coefficient (Wildman–Crippen LogP) is 1.39. The van der Waals surface area contributed by atoms with Gasteiger partial charge in [0.25, 0.3) is 0 Å². The first-order valence-electron chi connectivity index (χ1n) is 6.60. The smallest absolute Gasteiger partial charge is 0.204 e. The number of anilines is 2. The molecule has 2 heterocycles. The number of hydrogen-bond donors (Lipinski definition) is 1. The van der Waals surface area contributed by atoms with Crippen molar-refractivity contribution in [1.29, 1.82) is 0 Å². The number of methoxy groups -OCH3 is 2. The van der Waals surface area contributed by atoms with Crippen LogP contribution in [0.4, 0.5) is 11.6 Å². The number of nitrogens with one attached hydrogen (secondary N) is 1. The quantitative estimate of drug-likeness (QED) is 0.869.